The molecule has 18 heavy (non-hydrogen) atoms. The fourth-order valence-corrected chi connectivity index (χ4v) is 1.82. The van der Waals surface area contributed by atoms with Gasteiger partial charge in [-0.05, 0) is 19.1 Å². The van der Waals surface area contributed by atoms with Gasteiger partial charge in [-0.25, -0.2) is 4.39 Å². The minimum absolute atomic E-state index is 0.135. The van der Waals surface area contributed by atoms with E-state index in [1.807, 2.05) is 6.92 Å². The number of aryl methyl sites for hydroxylation is 1. The molecule has 0 saturated heterocycles. The third-order valence-electron chi connectivity index (χ3n) is 2.80. The first-order valence-electron chi connectivity index (χ1n) is 5.70. The predicted molar refractivity (Wildman–Crippen MR) is 64.9 cm³/mol. The Bertz CT molecular complexity index is 540. The van der Waals surface area contributed by atoms with Crippen LogP contribution >= 0.6 is 0 Å². The topological polar surface area (TPSA) is 47.3 Å². The molecule has 1 aromatic carbocycles. The number of nitrogens with zero attached hydrogens (tertiary/aromatic N) is 2. The van der Waals surface area contributed by atoms with E-state index in [9.17, 15) is 9.50 Å². The molecule has 1 unspecified atom stereocenters. The average Bonchev–Trinajstić information content (AvgIpc) is 2.86. The quantitative estimate of drug-likeness (QED) is 0.904. The minimum Gasteiger partial charge on any atom is -0.496 e. The molecule has 0 fully saturated rings. The maximum absolute atomic E-state index is 13.8. The van der Waals surface area contributed by atoms with Crippen molar-refractivity contribution in [3.63, 3.8) is 0 Å². The van der Waals surface area contributed by atoms with Gasteiger partial charge in [0.05, 0.1) is 18.9 Å². The third kappa shape index (κ3) is 2.22. The van der Waals surface area contributed by atoms with Crippen molar-refractivity contribution in [2.75, 3.05) is 7.11 Å². The SMILES string of the molecule is CCn1cc(C(O)c2c(F)cccc2OC)cn1. The number of hydrogen-bond donors (Lipinski definition) is 1. The van der Waals surface area contributed by atoms with Gasteiger partial charge in [-0.15, -0.1) is 0 Å². The molecule has 0 aliphatic carbocycles. The van der Waals surface area contributed by atoms with Crippen LogP contribution in [0.5, 0.6) is 5.75 Å². The van der Waals surface area contributed by atoms with E-state index in [0.717, 1.165) is 0 Å². The number of rotatable bonds is 4. The van der Waals surface area contributed by atoms with Crippen LogP contribution in [0.2, 0.25) is 0 Å². The van der Waals surface area contributed by atoms with Gasteiger partial charge in [0.2, 0.25) is 0 Å². The van der Waals surface area contributed by atoms with Gasteiger partial charge in [0.25, 0.3) is 0 Å². The summed E-state index contributed by atoms with van der Waals surface area (Å²) in [5.41, 5.74) is 0.677. The molecule has 2 rings (SSSR count). The molecule has 0 bridgehead atoms. The molecule has 96 valence electrons. The monoisotopic (exact) mass is 250 g/mol. The third-order valence-corrected chi connectivity index (χ3v) is 2.80. The van der Waals surface area contributed by atoms with E-state index in [4.69, 9.17) is 4.74 Å². The fourth-order valence-electron chi connectivity index (χ4n) is 1.82. The largest absolute Gasteiger partial charge is 0.496 e. The van der Waals surface area contributed by atoms with E-state index in [1.54, 1.807) is 23.0 Å². The molecule has 4 nitrogen and oxygen atoms in total. The van der Waals surface area contributed by atoms with Crippen LogP contribution in [0.4, 0.5) is 4.39 Å². The first kappa shape index (κ1) is 12.6. The first-order valence-corrected chi connectivity index (χ1v) is 5.70. The summed E-state index contributed by atoms with van der Waals surface area (Å²) in [5.74, 6) is -0.169. The maximum Gasteiger partial charge on any atom is 0.133 e. The molecule has 1 aromatic heterocycles. The normalized spacial score (nSPS) is 12.4. The predicted octanol–water partition coefficient (Wildman–Crippen LogP) is 2.13. The summed E-state index contributed by atoms with van der Waals surface area (Å²) in [4.78, 5) is 0. The highest BCUT2D eigenvalue weighted by molar-refractivity contribution is 5.40. The van der Waals surface area contributed by atoms with E-state index in [-0.39, 0.29) is 5.56 Å². The number of aromatic nitrogens is 2. The van der Waals surface area contributed by atoms with Crippen molar-refractivity contribution in [2.45, 2.75) is 19.6 Å². The van der Waals surface area contributed by atoms with Crippen LogP contribution in [0.1, 0.15) is 24.2 Å². The summed E-state index contributed by atoms with van der Waals surface area (Å²) >= 11 is 0. The zero-order valence-corrected chi connectivity index (χ0v) is 10.3. The molecule has 0 aliphatic heterocycles. The summed E-state index contributed by atoms with van der Waals surface area (Å²) in [6.45, 7) is 2.63. The first-order chi connectivity index (χ1) is 8.67. The van der Waals surface area contributed by atoms with Crippen LogP contribution in [-0.4, -0.2) is 22.0 Å². The van der Waals surface area contributed by atoms with Crippen LogP contribution in [0, 0.1) is 5.82 Å². The number of benzene rings is 1. The van der Waals surface area contributed by atoms with Gasteiger partial charge in [-0.1, -0.05) is 6.07 Å². The van der Waals surface area contributed by atoms with E-state index >= 15 is 0 Å². The van der Waals surface area contributed by atoms with Crippen molar-refractivity contribution < 1.29 is 14.2 Å². The van der Waals surface area contributed by atoms with Gasteiger partial charge in [0.1, 0.15) is 17.7 Å². The second-order valence-electron chi connectivity index (χ2n) is 3.89. The molecule has 1 atom stereocenters. The Labute approximate surface area is 105 Å². The lowest BCUT2D eigenvalue weighted by molar-refractivity contribution is 0.209. The number of halogens is 1. The number of ether oxygens (including phenoxy) is 1. The molecule has 0 aliphatic rings. The Morgan fingerprint density at radius 1 is 1.50 bits per heavy atom. The van der Waals surface area contributed by atoms with Crippen molar-refractivity contribution in [1.29, 1.82) is 0 Å². The summed E-state index contributed by atoms with van der Waals surface area (Å²) in [5, 5.41) is 14.3. The lowest BCUT2D eigenvalue weighted by Gasteiger charge is -2.14. The highest BCUT2D eigenvalue weighted by Gasteiger charge is 2.21. The number of aliphatic hydroxyl groups is 1. The Morgan fingerprint density at radius 3 is 2.89 bits per heavy atom. The summed E-state index contributed by atoms with van der Waals surface area (Å²) in [6, 6.07) is 4.46. The molecule has 5 heteroatoms. The number of hydrogen-bond acceptors (Lipinski definition) is 3. The number of aliphatic hydroxyl groups excluding tert-OH is 1. The van der Waals surface area contributed by atoms with Crippen LogP contribution in [0.3, 0.4) is 0 Å². The lowest BCUT2D eigenvalue weighted by Crippen LogP contribution is -2.04. The maximum atomic E-state index is 13.8. The Kier molecular flexibility index (Phi) is 3.62. The van der Waals surface area contributed by atoms with Crippen LogP contribution < -0.4 is 4.74 Å². The Morgan fingerprint density at radius 2 is 2.28 bits per heavy atom. The summed E-state index contributed by atoms with van der Waals surface area (Å²) < 4.78 is 20.5. The van der Waals surface area contributed by atoms with Gasteiger partial charge < -0.3 is 9.84 Å². The molecule has 1 N–H and O–H groups in total. The zero-order valence-electron chi connectivity index (χ0n) is 10.3. The van der Waals surface area contributed by atoms with Crippen molar-refractivity contribution in [1.82, 2.24) is 9.78 Å². The second kappa shape index (κ2) is 5.18. The second-order valence-corrected chi connectivity index (χ2v) is 3.89. The van der Waals surface area contributed by atoms with Gasteiger partial charge in [0.15, 0.2) is 0 Å². The molecule has 2 aromatic rings. The molecule has 0 amide bonds. The van der Waals surface area contributed by atoms with Crippen LogP contribution in [-0.2, 0) is 6.54 Å². The highest BCUT2D eigenvalue weighted by Crippen LogP contribution is 2.31. The van der Waals surface area contributed by atoms with Gasteiger partial charge in [0, 0.05) is 18.3 Å². The van der Waals surface area contributed by atoms with Crippen molar-refractivity contribution in [3.05, 3.63) is 47.5 Å². The summed E-state index contributed by atoms with van der Waals surface area (Å²) in [7, 11) is 1.44. The van der Waals surface area contributed by atoms with Gasteiger partial charge >= 0.3 is 0 Å². The average molecular weight is 250 g/mol. The molecule has 0 spiro atoms. The summed E-state index contributed by atoms with van der Waals surface area (Å²) in [6.07, 6.45) is 2.14. The molecule has 0 saturated carbocycles. The minimum atomic E-state index is -1.08. The van der Waals surface area contributed by atoms with E-state index in [1.165, 1.54) is 19.4 Å². The highest BCUT2D eigenvalue weighted by atomic mass is 19.1. The van der Waals surface area contributed by atoms with Crippen molar-refractivity contribution >= 4 is 0 Å². The van der Waals surface area contributed by atoms with E-state index in [2.05, 4.69) is 5.10 Å². The van der Waals surface area contributed by atoms with Crippen LogP contribution in [0.15, 0.2) is 30.6 Å². The Hall–Kier alpha value is -1.88. The van der Waals surface area contributed by atoms with Crippen molar-refractivity contribution in [2.24, 2.45) is 0 Å². The molecule has 1 heterocycles. The fraction of sp³-hybridized carbons (Fsp3) is 0.308. The molecular formula is C13H15FN2O2. The molecular weight excluding hydrogens is 235 g/mol. The Balaban J connectivity index is 2.41. The standard InChI is InChI=1S/C13H15FN2O2/c1-3-16-8-9(7-15-16)13(17)12-10(14)5-4-6-11(12)18-2/h4-8,13,17H,3H2,1-2H3. The lowest BCUT2D eigenvalue weighted by atomic mass is 10.0. The van der Waals surface area contributed by atoms with E-state index < -0.39 is 11.9 Å². The van der Waals surface area contributed by atoms with Crippen molar-refractivity contribution in [3.8, 4) is 5.75 Å². The number of methoxy groups -OCH3 is 1. The van der Waals surface area contributed by atoms with Gasteiger partial charge in [-0.3, -0.25) is 4.68 Å². The molecule has 0 radical (unpaired) electrons. The van der Waals surface area contributed by atoms with E-state index in [0.29, 0.717) is 17.9 Å². The zero-order chi connectivity index (χ0) is 13.1. The van der Waals surface area contributed by atoms with Gasteiger partial charge in [-0.2, -0.15) is 5.10 Å². The smallest absolute Gasteiger partial charge is 0.133 e. The van der Waals surface area contributed by atoms with Crippen LogP contribution in [0.25, 0.3) is 0 Å².